The Balaban J connectivity index is 0.000000261. The van der Waals surface area contributed by atoms with E-state index < -0.39 is 0 Å². The molecule has 0 atom stereocenters. The second-order valence-electron chi connectivity index (χ2n) is 3.07. The van der Waals surface area contributed by atoms with Crippen molar-refractivity contribution in [1.29, 1.82) is 0 Å². The molecule has 0 radical (unpaired) electrons. The first kappa shape index (κ1) is 12.3. The Hall–Kier alpha value is 0.270. The molecule has 1 fully saturated rings. The van der Waals surface area contributed by atoms with E-state index in [1.165, 1.54) is 32.1 Å². The zero-order chi connectivity index (χ0) is 9.23. The van der Waals surface area contributed by atoms with Gasteiger partial charge in [-0.1, -0.05) is 19.3 Å². The van der Waals surface area contributed by atoms with E-state index in [0.717, 1.165) is 6.04 Å². The summed E-state index contributed by atoms with van der Waals surface area (Å²) in [6.07, 6.45) is 7.13. The van der Waals surface area contributed by atoms with Gasteiger partial charge in [0.25, 0.3) is 0 Å². The van der Waals surface area contributed by atoms with Crippen LogP contribution in [0, 0.1) is 0 Å². The van der Waals surface area contributed by atoms with E-state index in [-0.39, 0.29) is 6.61 Å². The molecule has 2 nitrogen and oxygen atoms in total. The molecular formula is C9H21NOS. The molecule has 1 rings (SSSR count). The minimum Gasteiger partial charge on any atom is -0.396 e. The molecule has 3 heteroatoms. The zero-order valence-electron chi connectivity index (χ0n) is 7.92. The van der Waals surface area contributed by atoms with Crippen molar-refractivity contribution in [3.05, 3.63) is 0 Å². The van der Waals surface area contributed by atoms with E-state index in [2.05, 4.69) is 25.0 Å². The fourth-order valence-electron chi connectivity index (χ4n) is 1.39. The topological polar surface area (TPSA) is 32.3 Å². The second kappa shape index (κ2) is 9.36. The Morgan fingerprint density at radius 2 is 1.83 bits per heavy atom. The Morgan fingerprint density at radius 1 is 1.33 bits per heavy atom. The van der Waals surface area contributed by atoms with Crippen LogP contribution >= 0.6 is 12.6 Å². The van der Waals surface area contributed by atoms with Crippen LogP contribution in [0.3, 0.4) is 0 Å². The quantitative estimate of drug-likeness (QED) is 0.577. The summed E-state index contributed by atoms with van der Waals surface area (Å²) in [7, 11) is 2.07. The van der Waals surface area contributed by atoms with Gasteiger partial charge in [-0.25, -0.2) is 0 Å². The Kier molecular flexibility index (Phi) is 9.57. The lowest BCUT2D eigenvalue weighted by Crippen LogP contribution is -2.26. The molecule has 1 saturated carbocycles. The molecule has 2 N–H and O–H groups in total. The SMILES string of the molecule is CNC1CCCCC1.OCCS. The fourth-order valence-corrected chi connectivity index (χ4v) is 1.39. The minimum absolute atomic E-state index is 0.184. The molecule has 0 bridgehead atoms. The molecule has 0 aromatic carbocycles. The third-order valence-electron chi connectivity index (χ3n) is 2.11. The van der Waals surface area contributed by atoms with Gasteiger partial charge < -0.3 is 10.4 Å². The molecule has 12 heavy (non-hydrogen) atoms. The summed E-state index contributed by atoms with van der Waals surface area (Å²) < 4.78 is 0. The number of nitrogens with one attached hydrogen (secondary N) is 1. The summed E-state index contributed by atoms with van der Waals surface area (Å²) in [5, 5.41) is 11.1. The van der Waals surface area contributed by atoms with Crippen LogP contribution in [0.25, 0.3) is 0 Å². The molecule has 0 unspecified atom stereocenters. The second-order valence-corrected chi connectivity index (χ2v) is 3.52. The van der Waals surface area contributed by atoms with Crippen LogP contribution in [0.1, 0.15) is 32.1 Å². The van der Waals surface area contributed by atoms with Gasteiger partial charge in [0.15, 0.2) is 0 Å². The highest BCUT2D eigenvalue weighted by molar-refractivity contribution is 7.80. The molecule has 0 aliphatic heterocycles. The number of thiol groups is 1. The van der Waals surface area contributed by atoms with E-state index in [1.807, 2.05) is 0 Å². The number of hydrogen-bond donors (Lipinski definition) is 3. The van der Waals surface area contributed by atoms with Crippen LogP contribution in [0.4, 0.5) is 0 Å². The van der Waals surface area contributed by atoms with Crippen molar-refractivity contribution in [2.24, 2.45) is 0 Å². The van der Waals surface area contributed by atoms with Gasteiger partial charge in [0, 0.05) is 11.8 Å². The van der Waals surface area contributed by atoms with Crippen molar-refractivity contribution in [1.82, 2.24) is 5.32 Å². The number of aliphatic hydroxyl groups excluding tert-OH is 1. The summed E-state index contributed by atoms with van der Waals surface area (Å²) in [6, 6.07) is 0.837. The number of rotatable bonds is 2. The molecule has 0 amide bonds. The lowest BCUT2D eigenvalue weighted by Gasteiger charge is -2.20. The fraction of sp³-hybridized carbons (Fsp3) is 1.00. The van der Waals surface area contributed by atoms with Crippen molar-refractivity contribution in [2.75, 3.05) is 19.4 Å². The van der Waals surface area contributed by atoms with Gasteiger partial charge in [0.2, 0.25) is 0 Å². The van der Waals surface area contributed by atoms with Crippen LogP contribution in [-0.4, -0.2) is 30.6 Å². The Bertz CT molecular complexity index is 82.6. The highest BCUT2D eigenvalue weighted by atomic mass is 32.1. The summed E-state index contributed by atoms with van der Waals surface area (Å²) in [6.45, 7) is 0.184. The third kappa shape index (κ3) is 6.95. The van der Waals surface area contributed by atoms with E-state index in [4.69, 9.17) is 5.11 Å². The van der Waals surface area contributed by atoms with Crippen LogP contribution in [0.5, 0.6) is 0 Å². The van der Waals surface area contributed by atoms with Crippen molar-refractivity contribution < 1.29 is 5.11 Å². The maximum absolute atomic E-state index is 7.80. The first-order valence-electron chi connectivity index (χ1n) is 4.74. The van der Waals surface area contributed by atoms with E-state index >= 15 is 0 Å². The maximum Gasteiger partial charge on any atom is 0.0519 e. The van der Waals surface area contributed by atoms with Gasteiger partial charge in [0.1, 0.15) is 0 Å². The lowest BCUT2D eigenvalue weighted by atomic mass is 9.96. The molecular weight excluding hydrogens is 170 g/mol. The van der Waals surface area contributed by atoms with Gasteiger partial charge in [0.05, 0.1) is 6.61 Å². The van der Waals surface area contributed by atoms with Gasteiger partial charge >= 0.3 is 0 Å². The lowest BCUT2D eigenvalue weighted by molar-refractivity contribution is 0.323. The third-order valence-corrected chi connectivity index (χ3v) is 2.31. The average molecular weight is 191 g/mol. The molecule has 0 aromatic heterocycles. The summed E-state index contributed by atoms with van der Waals surface area (Å²) in [5.74, 6) is 0.569. The number of hydrogen-bond acceptors (Lipinski definition) is 3. The Morgan fingerprint density at radius 3 is 2.08 bits per heavy atom. The van der Waals surface area contributed by atoms with Crippen LogP contribution < -0.4 is 5.32 Å². The predicted molar refractivity (Wildman–Crippen MR) is 56.9 cm³/mol. The first-order chi connectivity index (χ1) is 5.85. The maximum atomic E-state index is 7.80. The van der Waals surface area contributed by atoms with Crippen molar-refractivity contribution >= 4 is 12.6 Å². The smallest absolute Gasteiger partial charge is 0.0519 e. The van der Waals surface area contributed by atoms with E-state index in [0.29, 0.717) is 5.75 Å². The zero-order valence-corrected chi connectivity index (χ0v) is 8.82. The van der Waals surface area contributed by atoms with Crippen LogP contribution in [0.15, 0.2) is 0 Å². The van der Waals surface area contributed by atoms with Gasteiger partial charge in [-0.2, -0.15) is 12.6 Å². The highest BCUT2D eigenvalue weighted by Crippen LogP contribution is 2.16. The molecule has 74 valence electrons. The van der Waals surface area contributed by atoms with Gasteiger partial charge in [-0.05, 0) is 19.9 Å². The standard InChI is InChI=1S/C7H15N.C2H6OS/c1-8-7-5-3-2-4-6-7;3-1-2-4/h7-8H,2-6H2,1H3;3-4H,1-2H2. The molecule has 1 aliphatic carbocycles. The van der Waals surface area contributed by atoms with Gasteiger partial charge in [-0.3, -0.25) is 0 Å². The first-order valence-corrected chi connectivity index (χ1v) is 5.37. The van der Waals surface area contributed by atoms with Crippen LogP contribution in [-0.2, 0) is 0 Å². The van der Waals surface area contributed by atoms with E-state index in [1.54, 1.807) is 0 Å². The van der Waals surface area contributed by atoms with Crippen molar-refractivity contribution in [3.63, 3.8) is 0 Å². The normalized spacial score (nSPS) is 18.2. The van der Waals surface area contributed by atoms with E-state index in [9.17, 15) is 0 Å². The monoisotopic (exact) mass is 191 g/mol. The molecule has 0 saturated heterocycles. The summed E-state index contributed by atoms with van der Waals surface area (Å²) >= 11 is 3.67. The molecule has 1 aliphatic rings. The van der Waals surface area contributed by atoms with Crippen molar-refractivity contribution in [2.45, 2.75) is 38.1 Å². The molecule has 0 spiro atoms. The van der Waals surface area contributed by atoms with Crippen molar-refractivity contribution in [3.8, 4) is 0 Å². The largest absolute Gasteiger partial charge is 0.396 e. The average Bonchev–Trinajstić information content (AvgIpc) is 2.19. The Labute approximate surface area is 81.2 Å². The highest BCUT2D eigenvalue weighted by Gasteiger charge is 2.09. The number of aliphatic hydroxyl groups is 1. The summed E-state index contributed by atoms with van der Waals surface area (Å²) in [5.41, 5.74) is 0. The molecule has 0 heterocycles. The predicted octanol–water partition coefficient (Wildman–Crippen LogP) is 1.45. The molecule has 0 aromatic rings. The van der Waals surface area contributed by atoms with Gasteiger partial charge in [-0.15, -0.1) is 0 Å². The van der Waals surface area contributed by atoms with Crippen LogP contribution in [0.2, 0.25) is 0 Å². The minimum atomic E-state index is 0.184. The summed E-state index contributed by atoms with van der Waals surface area (Å²) in [4.78, 5) is 0.